The quantitative estimate of drug-likeness (QED) is 0.257. The van der Waals surface area contributed by atoms with Crippen LogP contribution in [-0.4, -0.2) is 48.8 Å². The molecule has 1 aromatic heterocycles. The van der Waals surface area contributed by atoms with Crippen LogP contribution in [0.3, 0.4) is 0 Å². The number of hydrogen-bond donors (Lipinski definition) is 0. The molecule has 5 rings (SSSR count). The van der Waals surface area contributed by atoms with Crippen LogP contribution < -0.4 is 15.2 Å². The van der Waals surface area contributed by atoms with Gasteiger partial charge < -0.3 is 14.5 Å². The van der Waals surface area contributed by atoms with Crippen LogP contribution in [0.2, 0.25) is 0 Å². The van der Waals surface area contributed by atoms with Gasteiger partial charge in [0.1, 0.15) is 11.6 Å². The van der Waals surface area contributed by atoms with Crippen LogP contribution in [-0.2, 0) is 0 Å². The summed E-state index contributed by atoms with van der Waals surface area (Å²) in [6, 6.07) is 29.2. The lowest BCUT2D eigenvalue weighted by Crippen LogP contribution is -2.47. The van der Waals surface area contributed by atoms with Gasteiger partial charge in [-0.05, 0) is 61.5 Å². The van der Waals surface area contributed by atoms with E-state index in [0.717, 1.165) is 61.1 Å². The monoisotopic (exact) mass is 507 g/mol. The fourth-order valence-electron chi connectivity index (χ4n) is 4.76. The molecule has 1 fully saturated rings. The summed E-state index contributed by atoms with van der Waals surface area (Å²) in [5, 5.41) is 8.98. The third-order valence-electron chi connectivity index (χ3n) is 6.82. The molecule has 38 heavy (non-hydrogen) atoms. The van der Waals surface area contributed by atoms with E-state index in [1.54, 1.807) is 4.57 Å². The van der Waals surface area contributed by atoms with Crippen LogP contribution >= 0.6 is 0 Å². The maximum Gasteiger partial charge on any atom is 0.285 e. The Labute approximate surface area is 223 Å². The number of azo groups is 1. The lowest BCUT2D eigenvalue weighted by atomic mass is 10.0. The summed E-state index contributed by atoms with van der Waals surface area (Å²) in [6.07, 6.45) is 0. The normalized spacial score (nSPS) is 14.2. The number of anilines is 1. The molecule has 1 aliphatic heterocycles. The Morgan fingerprint density at radius 3 is 2.08 bits per heavy atom. The second kappa shape index (κ2) is 11.9. The average molecular weight is 508 g/mol. The van der Waals surface area contributed by atoms with Gasteiger partial charge in [0.25, 0.3) is 5.56 Å². The minimum atomic E-state index is -0.199. The second-order valence-corrected chi connectivity index (χ2v) is 9.16. The van der Waals surface area contributed by atoms with Crippen LogP contribution in [0.15, 0.2) is 106 Å². The van der Waals surface area contributed by atoms with E-state index < -0.39 is 0 Å². The number of aromatic nitrogens is 1. The first-order valence-corrected chi connectivity index (χ1v) is 13.2. The van der Waals surface area contributed by atoms with Gasteiger partial charge in [0.15, 0.2) is 5.69 Å². The number of rotatable bonds is 8. The molecule has 0 atom stereocenters. The second-order valence-electron chi connectivity index (χ2n) is 9.16. The van der Waals surface area contributed by atoms with E-state index in [1.807, 2.05) is 91.9 Å². The first kappa shape index (κ1) is 25.4. The summed E-state index contributed by atoms with van der Waals surface area (Å²) in [6.45, 7) is 9.35. The zero-order valence-electron chi connectivity index (χ0n) is 22.0. The Balaban J connectivity index is 1.70. The number of nitrogens with zero attached hydrogens (tertiary/aromatic N) is 5. The smallest absolute Gasteiger partial charge is 0.285 e. The molecule has 0 spiro atoms. The largest absolute Gasteiger partial charge is 0.494 e. The molecular formula is C31H33N5O2. The van der Waals surface area contributed by atoms with E-state index in [-0.39, 0.29) is 5.56 Å². The van der Waals surface area contributed by atoms with Crippen LogP contribution in [0.5, 0.6) is 5.75 Å². The lowest BCUT2D eigenvalue weighted by Gasteiger charge is -2.36. The Kier molecular flexibility index (Phi) is 7.95. The summed E-state index contributed by atoms with van der Waals surface area (Å²) in [5.74, 6) is 1.65. The highest BCUT2D eigenvalue weighted by Crippen LogP contribution is 2.35. The topological polar surface area (TPSA) is 62.4 Å². The van der Waals surface area contributed by atoms with Crippen molar-refractivity contribution in [2.75, 3.05) is 44.2 Å². The minimum Gasteiger partial charge on any atom is -0.494 e. The molecule has 0 N–H and O–H groups in total. The number of para-hydroxylation sites is 1. The Morgan fingerprint density at radius 2 is 1.45 bits per heavy atom. The van der Waals surface area contributed by atoms with Crippen molar-refractivity contribution in [3.63, 3.8) is 0 Å². The van der Waals surface area contributed by atoms with Crippen molar-refractivity contribution in [3.05, 3.63) is 101 Å². The maximum absolute atomic E-state index is 14.3. The first-order chi connectivity index (χ1) is 18.7. The highest BCUT2D eigenvalue weighted by molar-refractivity contribution is 5.79. The van der Waals surface area contributed by atoms with Crippen LogP contribution in [0.1, 0.15) is 13.8 Å². The first-order valence-electron chi connectivity index (χ1n) is 13.2. The number of pyridine rings is 1. The zero-order valence-corrected chi connectivity index (χ0v) is 22.0. The number of piperazine rings is 1. The summed E-state index contributed by atoms with van der Waals surface area (Å²) in [4.78, 5) is 19.0. The van der Waals surface area contributed by atoms with Crippen molar-refractivity contribution >= 4 is 17.2 Å². The molecule has 1 aliphatic rings. The summed E-state index contributed by atoms with van der Waals surface area (Å²) in [7, 11) is 0. The number of ether oxygens (including phenoxy) is 1. The summed E-state index contributed by atoms with van der Waals surface area (Å²) in [5.41, 5.74) is 3.24. The van der Waals surface area contributed by atoms with E-state index in [1.165, 1.54) is 0 Å². The molecule has 0 amide bonds. The van der Waals surface area contributed by atoms with Crippen LogP contribution in [0.4, 0.5) is 17.2 Å². The van der Waals surface area contributed by atoms with Gasteiger partial charge in [-0.25, -0.2) is 0 Å². The fourth-order valence-corrected chi connectivity index (χ4v) is 4.76. The van der Waals surface area contributed by atoms with Gasteiger partial charge in [0.2, 0.25) is 0 Å². The Bertz CT molecular complexity index is 1430. The van der Waals surface area contributed by atoms with E-state index in [4.69, 9.17) is 4.74 Å². The molecule has 3 aromatic carbocycles. The SMILES string of the molecule is CCOc1ccc(-c2cc(N3CCN(CC)CC3)n(-c3ccccc3)c(=O)c2N=Nc2ccccc2)cc1. The molecule has 4 aromatic rings. The van der Waals surface area contributed by atoms with Crippen molar-refractivity contribution in [2.24, 2.45) is 10.2 Å². The predicted molar refractivity (Wildman–Crippen MR) is 154 cm³/mol. The van der Waals surface area contributed by atoms with E-state index in [2.05, 4.69) is 33.0 Å². The number of likely N-dealkylation sites (N-methyl/N-ethyl adjacent to an activating group) is 1. The van der Waals surface area contributed by atoms with Crippen molar-refractivity contribution in [1.29, 1.82) is 0 Å². The summed E-state index contributed by atoms with van der Waals surface area (Å²) >= 11 is 0. The molecule has 0 bridgehead atoms. The van der Waals surface area contributed by atoms with E-state index >= 15 is 0 Å². The van der Waals surface area contributed by atoms with E-state index in [0.29, 0.717) is 18.0 Å². The lowest BCUT2D eigenvalue weighted by molar-refractivity contribution is 0.270. The third kappa shape index (κ3) is 5.53. The molecule has 2 heterocycles. The van der Waals surface area contributed by atoms with Crippen LogP contribution in [0, 0.1) is 0 Å². The summed E-state index contributed by atoms with van der Waals surface area (Å²) < 4.78 is 7.43. The molecule has 7 heteroatoms. The molecular weight excluding hydrogens is 474 g/mol. The molecule has 7 nitrogen and oxygen atoms in total. The zero-order chi connectivity index (χ0) is 26.3. The molecule has 0 radical (unpaired) electrons. The number of benzene rings is 3. The van der Waals surface area contributed by atoms with Gasteiger partial charge in [-0.1, -0.05) is 55.5 Å². The van der Waals surface area contributed by atoms with Gasteiger partial charge in [0, 0.05) is 31.7 Å². The molecule has 194 valence electrons. The standard InChI is InChI=1S/C31H33N5O2/c1-3-34-19-21-35(22-20-34)29-23-28(24-15-17-27(18-16-24)38-4-2)30(33-32-25-11-7-5-8-12-25)31(37)36(29)26-13-9-6-10-14-26/h5-18,23H,3-4,19-22H2,1-2H3. The minimum absolute atomic E-state index is 0.199. The van der Waals surface area contributed by atoms with E-state index in [9.17, 15) is 4.79 Å². The van der Waals surface area contributed by atoms with Gasteiger partial charge in [0.05, 0.1) is 18.0 Å². The number of hydrogen-bond acceptors (Lipinski definition) is 6. The van der Waals surface area contributed by atoms with Gasteiger partial charge in [-0.15, -0.1) is 5.11 Å². The Morgan fingerprint density at radius 1 is 0.789 bits per heavy atom. The van der Waals surface area contributed by atoms with Crippen molar-refractivity contribution in [1.82, 2.24) is 9.47 Å². The van der Waals surface area contributed by atoms with Crippen molar-refractivity contribution in [2.45, 2.75) is 13.8 Å². The Hall–Kier alpha value is -4.23. The molecule has 0 aliphatic carbocycles. The molecule has 0 saturated carbocycles. The maximum atomic E-state index is 14.3. The van der Waals surface area contributed by atoms with Crippen LogP contribution in [0.25, 0.3) is 16.8 Å². The fraction of sp³-hybridized carbons (Fsp3) is 0.258. The molecule has 0 unspecified atom stereocenters. The van der Waals surface area contributed by atoms with Gasteiger partial charge in [-0.3, -0.25) is 9.36 Å². The highest BCUT2D eigenvalue weighted by atomic mass is 16.5. The molecule has 1 saturated heterocycles. The van der Waals surface area contributed by atoms with Crippen molar-refractivity contribution in [3.8, 4) is 22.6 Å². The highest BCUT2D eigenvalue weighted by Gasteiger charge is 2.24. The van der Waals surface area contributed by atoms with Gasteiger partial charge >= 0.3 is 0 Å². The van der Waals surface area contributed by atoms with Crippen molar-refractivity contribution < 1.29 is 4.74 Å². The predicted octanol–water partition coefficient (Wildman–Crippen LogP) is 6.46. The van der Waals surface area contributed by atoms with Gasteiger partial charge in [-0.2, -0.15) is 5.11 Å². The average Bonchev–Trinajstić information content (AvgIpc) is 2.98. The third-order valence-corrected chi connectivity index (χ3v) is 6.82.